The molecule has 4 heteroatoms. The zero-order valence-corrected chi connectivity index (χ0v) is 17.5. The Bertz CT molecular complexity index is 871. The van der Waals surface area contributed by atoms with Crippen LogP contribution < -0.4 is 10.1 Å². The first-order valence-electron chi connectivity index (χ1n) is 10.0. The lowest BCUT2D eigenvalue weighted by Gasteiger charge is -2.19. The van der Waals surface area contributed by atoms with E-state index in [0.29, 0.717) is 13.2 Å². The number of rotatable bonds is 9. The van der Waals surface area contributed by atoms with E-state index in [2.05, 4.69) is 67.5 Å². The van der Waals surface area contributed by atoms with Crippen molar-refractivity contribution in [1.29, 1.82) is 0 Å². The molecule has 0 bridgehead atoms. The van der Waals surface area contributed by atoms with Crippen molar-refractivity contribution in [2.45, 2.75) is 52.7 Å². The van der Waals surface area contributed by atoms with Crippen molar-refractivity contribution in [2.75, 3.05) is 0 Å². The third-order valence-electron chi connectivity index (χ3n) is 4.40. The molecule has 4 nitrogen and oxygen atoms in total. The largest absolute Gasteiger partial charge is 0.489 e. The van der Waals surface area contributed by atoms with Crippen molar-refractivity contribution in [2.24, 2.45) is 0 Å². The first-order chi connectivity index (χ1) is 14.0. The second-order valence-electron chi connectivity index (χ2n) is 8.11. The molecule has 0 amide bonds. The van der Waals surface area contributed by atoms with Gasteiger partial charge < -0.3 is 14.8 Å². The number of hydrogen-bond donors (Lipinski definition) is 1. The monoisotopic (exact) mass is 390 g/mol. The standard InChI is InChI=1S/C25H30N2O2/c1-25(2,3)29-19-23-6-4-5-22(15-23)17-27-16-20-7-9-24(10-8-20)28-18-21-11-13-26-14-12-21/h4-15,27H,16-19H2,1-3H3. The Hall–Kier alpha value is -2.69. The van der Waals surface area contributed by atoms with Crippen molar-refractivity contribution in [3.63, 3.8) is 0 Å². The van der Waals surface area contributed by atoms with Gasteiger partial charge in [0.05, 0.1) is 12.2 Å². The van der Waals surface area contributed by atoms with Gasteiger partial charge in [-0.05, 0) is 67.3 Å². The predicted octanol–water partition coefficient (Wildman–Crippen LogP) is 5.27. The number of pyridine rings is 1. The molecule has 0 unspecified atom stereocenters. The minimum Gasteiger partial charge on any atom is -0.489 e. The van der Waals surface area contributed by atoms with E-state index in [9.17, 15) is 0 Å². The molecule has 3 aromatic rings. The van der Waals surface area contributed by atoms with Crippen LogP contribution >= 0.6 is 0 Å². The summed E-state index contributed by atoms with van der Waals surface area (Å²) in [6.07, 6.45) is 3.56. The molecule has 0 saturated carbocycles. The van der Waals surface area contributed by atoms with Crippen LogP contribution in [0.1, 0.15) is 43.0 Å². The molecule has 3 rings (SSSR count). The van der Waals surface area contributed by atoms with E-state index in [0.717, 1.165) is 24.4 Å². The van der Waals surface area contributed by atoms with Gasteiger partial charge in [0.1, 0.15) is 12.4 Å². The van der Waals surface area contributed by atoms with Gasteiger partial charge >= 0.3 is 0 Å². The molecule has 152 valence electrons. The predicted molar refractivity (Wildman–Crippen MR) is 117 cm³/mol. The van der Waals surface area contributed by atoms with Gasteiger partial charge in [-0.1, -0.05) is 36.4 Å². The van der Waals surface area contributed by atoms with Gasteiger partial charge in [-0.3, -0.25) is 4.98 Å². The quantitative estimate of drug-likeness (QED) is 0.541. The maximum absolute atomic E-state index is 5.87. The molecule has 0 spiro atoms. The molecule has 2 aromatic carbocycles. The summed E-state index contributed by atoms with van der Waals surface area (Å²) >= 11 is 0. The fourth-order valence-corrected chi connectivity index (χ4v) is 2.83. The highest BCUT2D eigenvalue weighted by Crippen LogP contribution is 2.15. The van der Waals surface area contributed by atoms with Crippen LogP contribution in [0.5, 0.6) is 5.75 Å². The number of hydrogen-bond acceptors (Lipinski definition) is 4. The molecule has 1 aromatic heterocycles. The van der Waals surface area contributed by atoms with Crippen LogP contribution in [0.25, 0.3) is 0 Å². The Morgan fingerprint density at radius 1 is 0.759 bits per heavy atom. The van der Waals surface area contributed by atoms with E-state index < -0.39 is 0 Å². The van der Waals surface area contributed by atoms with Crippen LogP contribution in [0, 0.1) is 0 Å². The number of aromatic nitrogens is 1. The van der Waals surface area contributed by atoms with Crippen LogP contribution in [0.3, 0.4) is 0 Å². The van der Waals surface area contributed by atoms with Gasteiger partial charge in [-0.15, -0.1) is 0 Å². The summed E-state index contributed by atoms with van der Waals surface area (Å²) < 4.78 is 11.7. The Balaban J connectivity index is 1.43. The van der Waals surface area contributed by atoms with Crippen molar-refractivity contribution in [3.05, 3.63) is 95.3 Å². The van der Waals surface area contributed by atoms with Crippen molar-refractivity contribution in [3.8, 4) is 5.75 Å². The lowest BCUT2D eigenvalue weighted by Crippen LogP contribution is -2.18. The second-order valence-corrected chi connectivity index (χ2v) is 8.11. The average Bonchev–Trinajstić information content (AvgIpc) is 2.72. The SMILES string of the molecule is CC(C)(C)OCc1cccc(CNCc2ccc(OCc3ccncc3)cc2)c1. The molecular weight excluding hydrogens is 360 g/mol. The molecule has 0 aliphatic carbocycles. The van der Waals surface area contributed by atoms with Gasteiger partial charge in [-0.25, -0.2) is 0 Å². The first-order valence-corrected chi connectivity index (χ1v) is 10.0. The first kappa shape index (κ1) is 21.0. The van der Waals surface area contributed by atoms with Crippen LogP contribution in [0.2, 0.25) is 0 Å². The summed E-state index contributed by atoms with van der Waals surface area (Å²) in [6, 6.07) is 20.7. The van der Waals surface area contributed by atoms with E-state index in [-0.39, 0.29) is 5.60 Å². The molecule has 1 N–H and O–H groups in total. The van der Waals surface area contributed by atoms with Crippen molar-refractivity contribution in [1.82, 2.24) is 10.3 Å². The normalized spacial score (nSPS) is 11.4. The van der Waals surface area contributed by atoms with Crippen LogP contribution in [-0.4, -0.2) is 10.6 Å². The van der Waals surface area contributed by atoms with E-state index >= 15 is 0 Å². The molecule has 0 radical (unpaired) electrons. The molecule has 0 atom stereocenters. The van der Waals surface area contributed by atoms with E-state index in [1.165, 1.54) is 16.7 Å². The molecule has 0 saturated heterocycles. The smallest absolute Gasteiger partial charge is 0.119 e. The summed E-state index contributed by atoms with van der Waals surface area (Å²) in [5, 5.41) is 3.51. The van der Waals surface area contributed by atoms with E-state index in [1.807, 2.05) is 24.3 Å². The van der Waals surface area contributed by atoms with Crippen LogP contribution in [-0.2, 0) is 31.0 Å². The Labute approximate surface area is 173 Å². The number of nitrogens with zero attached hydrogens (tertiary/aromatic N) is 1. The minimum absolute atomic E-state index is 0.123. The highest BCUT2D eigenvalue weighted by atomic mass is 16.5. The summed E-state index contributed by atoms with van der Waals surface area (Å²) in [4.78, 5) is 4.02. The Morgan fingerprint density at radius 3 is 2.17 bits per heavy atom. The van der Waals surface area contributed by atoms with Gasteiger partial charge in [0.15, 0.2) is 0 Å². The molecule has 29 heavy (non-hydrogen) atoms. The van der Waals surface area contributed by atoms with Gasteiger partial charge in [-0.2, -0.15) is 0 Å². The minimum atomic E-state index is -0.123. The topological polar surface area (TPSA) is 43.4 Å². The zero-order chi connectivity index (χ0) is 20.5. The fourth-order valence-electron chi connectivity index (χ4n) is 2.83. The molecule has 0 aliphatic heterocycles. The summed E-state index contributed by atoms with van der Waals surface area (Å²) in [5.41, 5.74) is 4.68. The second kappa shape index (κ2) is 10.2. The molecule has 0 aliphatic rings. The zero-order valence-electron chi connectivity index (χ0n) is 17.5. The number of ether oxygens (including phenoxy) is 2. The molecule has 1 heterocycles. The summed E-state index contributed by atoms with van der Waals surface area (Å²) in [7, 11) is 0. The molecule has 0 fully saturated rings. The van der Waals surface area contributed by atoms with Crippen LogP contribution in [0.15, 0.2) is 73.1 Å². The van der Waals surface area contributed by atoms with Crippen LogP contribution in [0.4, 0.5) is 0 Å². The Kier molecular flexibility index (Phi) is 7.39. The molecular formula is C25H30N2O2. The van der Waals surface area contributed by atoms with Gasteiger partial charge in [0.2, 0.25) is 0 Å². The average molecular weight is 391 g/mol. The third kappa shape index (κ3) is 7.68. The number of benzene rings is 2. The maximum Gasteiger partial charge on any atom is 0.119 e. The third-order valence-corrected chi connectivity index (χ3v) is 4.40. The lowest BCUT2D eigenvalue weighted by molar-refractivity contribution is -0.0149. The number of nitrogens with one attached hydrogen (secondary N) is 1. The highest BCUT2D eigenvalue weighted by molar-refractivity contribution is 5.28. The van der Waals surface area contributed by atoms with Crippen molar-refractivity contribution < 1.29 is 9.47 Å². The highest BCUT2D eigenvalue weighted by Gasteiger charge is 2.10. The Morgan fingerprint density at radius 2 is 1.45 bits per heavy atom. The maximum atomic E-state index is 5.87. The lowest BCUT2D eigenvalue weighted by atomic mass is 10.1. The summed E-state index contributed by atoms with van der Waals surface area (Å²) in [6.45, 7) is 9.06. The van der Waals surface area contributed by atoms with Crippen molar-refractivity contribution >= 4 is 0 Å². The van der Waals surface area contributed by atoms with E-state index in [1.54, 1.807) is 12.4 Å². The summed E-state index contributed by atoms with van der Waals surface area (Å²) in [5.74, 6) is 0.872. The van der Waals surface area contributed by atoms with E-state index in [4.69, 9.17) is 9.47 Å². The fraction of sp³-hybridized carbons (Fsp3) is 0.320. The van der Waals surface area contributed by atoms with Gasteiger partial charge in [0.25, 0.3) is 0 Å². The van der Waals surface area contributed by atoms with Gasteiger partial charge in [0, 0.05) is 25.5 Å².